The third-order valence-corrected chi connectivity index (χ3v) is 3.70. The summed E-state index contributed by atoms with van der Waals surface area (Å²) in [6.07, 6.45) is 11.6. The molecule has 0 saturated heterocycles. The van der Waals surface area contributed by atoms with Gasteiger partial charge in [0.1, 0.15) is 0 Å². The molecule has 1 aliphatic rings. The molecule has 0 radical (unpaired) electrons. The van der Waals surface area contributed by atoms with Crippen LogP contribution >= 0.6 is 0 Å². The van der Waals surface area contributed by atoms with Crippen LogP contribution in [0.5, 0.6) is 0 Å². The van der Waals surface area contributed by atoms with Crippen LogP contribution in [0.3, 0.4) is 0 Å². The Bertz CT molecular complexity index is 96.6. The molecule has 100 valence electrons. The Morgan fingerprint density at radius 3 is 1.50 bits per heavy atom. The van der Waals surface area contributed by atoms with E-state index >= 15 is 0 Å². The van der Waals surface area contributed by atoms with Gasteiger partial charge in [0, 0.05) is 0 Å². The van der Waals surface area contributed by atoms with Gasteiger partial charge in [-0.05, 0) is 11.8 Å². The maximum atomic E-state index is 2.32. The van der Waals surface area contributed by atoms with E-state index in [1.807, 2.05) is 13.8 Å². The summed E-state index contributed by atoms with van der Waals surface area (Å²) < 4.78 is 0. The van der Waals surface area contributed by atoms with Crippen LogP contribution in [-0.4, -0.2) is 0 Å². The summed E-state index contributed by atoms with van der Waals surface area (Å²) in [5.74, 6) is 2.02. The number of hydrogen-bond acceptors (Lipinski definition) is 0. The lowest BCUT2D eigenvalue weighted by molar-refractivity contribution is 0.349. The third-order valence-electron chi connectivity index (χ3n) is 3.70. The number of hydrogen-bond donors (Lipinski definition) is 0. The highest BCUT2D eigenvalue weighted by Crippen LogP contribution is 2.25. The van der Waals surface area contributed by atoms with Gasteiger partial charge in [-0.2, -0.15) is 0 Å². The van der Waals surface area contributed by atoms with E-state index in [9.17, 15) is 0 Å². The van der Waals surface area contributed by atoms with Gasteiger partial charge >= 0.3 is 0 Å². The Morgan fingerprint density at radius 2 is 1.31 bits per heavy atom. The van der Waals surface area contributed by atoms with Crippen LogP contribution in [0.15, 0.2) is 0 Å². The Kier molecular flexibility index (Phi) is 17.2. The molecule has 0 spiro atoms. The van der Waals surface area contributed by atoms with Gasteiger partial charge in [-0.25, -0.2) is 0 Å². The van der Waals surface area contributed by atoms with Gasteiger partial charge in [0.2, 0.25) is 0 Å². The maximum Gasteiger partial charge on any atom is -0.0417 e. The molecule has 0 heterocycles. The molecule has 0 unspecified atom stereocenters. The molecular formula is C16H36. The van der Waals surface area contributed by atoms with Gasteiger partial charge in [0.15, 0.2) is 0 Å². The van der Waals surface area contributed by atoms with Crippen molar-refractivity contribution in [2.75, 3.05) is 0 Å². The quantitative estimate of drug-likeness (QED) is 0.521. The van der Waals surface area contributed by atoms with E-state index in [0.29, 0.717) is 0 Å². The second-order valence-corrected chi connectivity index (χ2v) is 4.83. The maximum absolute atomic E-state index is 2.32. The van der Waals surface area contributed by atoms with Gasteiger partial charge in [0.25, 0.3) is 0 Å². The number of rotatable bonds is 3. The molecule has 0 aliphatic heterocycles. The zero-order valence-electron chi connectivity index (χ0n) is 12.8. The molecule has 0 bridgehead atoms. The summed E-state index contributed by atoms with van der Waals surface area (Å²) in [7, 11) is 0. The van der Waals surface area contributed by atoms with Crippen molar-refractivity contribution in [1.82, 2.24) is 0 Å². The molecule has 0 amide bonds. The van der Waals surface area contributed by atoms with Crippen molar-refractivity contribution in [2.45, 2.75) is 92.9 Å². The van der Waals surface area contributed by atoms with Crippen LogP contribution in [0, 0.1) is 11.8 Å². The first-order valence-electron chi connectivity index (χ1n) is 7.74. The summed E-state index contributed by atoms with van der Waals surface area (Å²) in [6, 6.07) is 0. The molecule has 1 saturated carbocycles. The molecule has 0 N–H and O–H groups in total. The smallest absolute Gasteiger partial charge is 0.0417 e. The fourth-order valence-electron chi connectivity index (χ4n) is 1.88. The van der Waals surface area contributed by atoms with Crippen molar-refractivity contribution in [3.05, 3.63) is 0 Å². The average Bonchev–Trinajstić information content (AvgIpc) is 2.41. The zero-order valence-corrected chi connectivity index (χ0v) is 12.8. The predicted molar refractivity (Wildman–Crippen MR) is 78.0 cm³/mol. The minimum atomic E-state index is 0.935. The summed E-state index contributed by atoms with van der Waals surface area (Å²) in [5.41, 5.74) is 0. The molecule has 0 atom stereocenters. The lowest BCUT2D eigenvalue weighted by Crippen LogP contribution is -2.03. The van der Waals surface area contributed by atoms with E-state index in [1.165, 1.54) is 51.4 Å². The van der Waals surface area contributed by atoms with Crippen molar-refractivity contribution in [1.29, 1.82) is 0 Å². The molecular weight excluding hydrogens is 192 g/mol. The van der Waals surface area contributed by atoms with Crippen LogP contribution in [0.2, 0.25) is 0 Å². The van der Waals surface area contributed by atoms with Crippen LogP contribution in [0.1, 0.15) is 92.9 Å². The summed E-state index contributed by atoms with van der Waals surface area (Å²) in [5, 5.41) is 0. The van der Waals surface area contributed by atoms with Crippen molar-refractivity contribution in [2.24, 2.45) is 11.8 Å². The normalized spacial score (nSPS) is 15.9. The minimum absolute atomic E-state index is 0.935. The van der Waals surface area contributed by atoms with Gasteiger partial charge in [-0.1, -0.05) is 92.9 Å². The second-order valence-electron chi connectivity index (χ2n) is 4.83. The van der Waals surface area contributed by atoms with Gasteiger partial charge in [-0.3, -0.25) is 0 Å². The molecule has 0 aromatic carbocycles. The van der Waals surface area contributed by atoms with E-state index in [2.05, 4.69) is 27.7 Å². The van der Waals surface area contributed by atoms with E-state index in [0.717, 1.165) is 11.8 Å². The molecule has 0 nitrogen and oxygen atoms in total. The highest BCUT2D eigenvalue weighted by molar-refractivity contribution is 4.63. The van der Waals surface area contributed by atoms with Gasteiger partial charge < -0.3 is 0 Å². The fraction of sp³-hybridized carbons (Fsp3) is 1.00. The van der Waals surface area contributed by atoms with Crippen LogP contribution in [0.25, 0.3) is 0 Å². The molecule has 1 rings (SSSR count). The van der Waals surface area contributed by atoms with Crippen LogP contribution in [0.4, 0.5) is 0 Å². The van der Waals surface area contributed by atoms with E-state index in [1.54, 1.807) is 0 Å². The SMILES string of the molecule is CC.CCC(C)CC.CCC1CCCCC1. The van der Waals surface area contributed by atoms with Gasteiger partial charge in [0.05, 0.1) is 0 Å². The lowest BCUT2D eigenvalue weighted by atomic mass is 9.88. The third kappa shape index (κ3) is 12.1. The van der Waals surface area contributed by atoms with Crippen LogP contribution < -0.4 is 0 Å². The largest absolute Gasteiger partial charge is 0.0683 e. The highest BCUT2D eigenvalue weighted by Gasteiger charge is 2.09. The van der Waals surface area contributed by atoms with Crippen molar-refractivity contribution in [3.63, 3.8) is 0 Å². The second kappa shape index (κ2) is 15.0. The molecule has 1 fully saturated rings. The Morgan fingerprint density at radius 1 is 0.875 bits per heavy atom. The first-order chi connectivity index (χ1) is 7.74. The van der Waals surface area contributed by atoms with Crippen molar-refractivity contribution in [3.8, 4) is 0 Å². The van der Waals surface area contributed by atoms with Crippen molar-refractivity contribution < 1.29 is 0 Å². The molecule has 0 heteroatoms. The lowest BCUT2D eigenvalue weighted by Gasteiger charge is -2.18. The predicted octanol–water partition coefficient (Wildman–Crippen LogP) is 6.45. The van der Waals surface area contributed by atoms with E-state index in [-0.39, 0.29) is 0 Å². The monoisotopic (exact) mass is 228 g/mol. The first kappa shape index (κ1) is 18.4. The minimum Gasteiger partial charge on any atom is -0.0683 e. The molecule has 0 aromatic rings. The zero-order chi connectivity index (χ0) is 12.8. The van der Waals surface area contributed by atoms with Gasteiger partial charge in [-0.15, -0.1) is 0 Å². The first-order valence-corrected chi connectivity index (χ1v) is 7.74. The molecule has 16 heavy (non-hydrogen) atoms. The average molecular weight is 228 g/mol. The summed E-state index contributed by atoms with van der Waals surface area (Å²) >= 11 is 0. The van der Waals surface area contributed by atoms with Crippen LogP contribution in [-0.2, 0) is 0 Å². The van der Waals surface area contributed by atoms with Crippen molar-refractivity contribution >= 4 is 0 Å². The van der Waals surface area contributed by atoms with E-state index < -0.39 is 0 Å². The van der Waals surface area contributed by atoms with E-state index in [4.69, 9.17) is 0 Å². The molecule has 0 aromatic heterocycles. The Balaban J connectivity index is 0. The highest BCUT2D eigenvalue weighted by atomic mass is 14.2. The fourth-order valence-corrected chi connectivity index (χ4v) is 1.88. The topological polar surface area (TPSA) is 0 Å². The standard InChI is InChI=1S/C8H16.C6H14.C2H6/c1-2-8-6-4-3-5-7-8;1-4-6(3)5-2;1-2/h8H,2-7H2,1H3;6H,4-5H2,1-3H3;1-2H3. The summed E-state index contributed by atoms with van der Waals surface area (Å²) in [4.78, 5) is 0. The molecule has 1 aliphatic carbocycles. The Hall–Kier alpha value is 0. The summed E-state index contributed by atoms with van der Waals surface area (Å²) in [6.45, 7) is 13.1. The Labute approximate surface area is 105 Å².